The minimum atomic E-state index is -0.0944. The Morgan fingerprint density at radius 1 is 1.50 bits per heavy atom. The molecule has 1 amide bonds. The van der Waals surface area contributed by atoms with Crippen molar-refractivity contribution in [3.05, 3.63) is 30.0 Å². The minimum absolute atomic E-state index is 0.0944. The van der Waals surface area contributed by atoms with E-state index in [0.717, 1.165) is 17.3 Å². The Bertz CT molecular complexity index is 607. The zero-order valence-electron chi connectivity index (χ0n) is 9.99. The van der Waals surface area contributed by atoms with Gasteiger partial charge in [0, 0.05) is 35.8 Å². The Morgan fingerprint density at radius 2 is 2.33 bits per heavy atom. The molecule has 4 nitrogen and oxygen atoms in total. The number of terminal acetylenes is 1. The first kappa shape index (κ1) is 12.1. The maximum Gasteiger partial charge on any atom is 0.253 e. The normalized spacial score (nSPS) is 10.2. The van der Waals surface area contributed by atoms with Gasteiger partial charge in [-0.1, -0.05) is 0 Å². The lowest BCUT2D eigenvalue weighted by Crippen LogP contribution is -2.24. The van der Waals surface area contributed by atoms with Crippen LogP contribution in [-0.4, -0.2) is 17.4 Å². The van der Waals surface area contributed by atoms with E-state index in [2.05, 4.69) is 16.2 Å². The lowest BCUT2D eigenvalue weighted by atomic mass is 10.1. The van der Waals surface area contributed by atoms with Crippen LogP contribution in [0.25, 0.3) is 10.9 Å². The number of fused-ring (bicyclic) bond motifs is 1. The second-order valence-corrected chi connectivity index (χ2v) is 4.07. The van der Waals surface area contributed by atoms with E-state index < -0.39 is 0 Å². The number of rotatable bonds is 4. The van der Waals surface area contributed by atoms with Crippen LogP contribution < -0.4 is 11.1 Å². The van der Waals surface area contributed by atoms with E-state index in [0.29, 0.717) is 24.2 Å². The van der Waals surface area contributed by atoms with Gasteiger partial charge in [0.05, 0.1) is 5.56 Å². The Labute approximate surface area is 106 Å². The monoisotopic (exact) mass is 241 g/mol. The second-order valence-electron chi connectivity index (χ2n) is 4.07. The summed E-state index contributed by atoms with van der Waals surface area (Å²) in [4.78, 5) is 15.0. The number of hydrogen-bond acceptors (Lipinski definition) is 2. The molecule has 0 radical (unpaired) electrons. The van der Waals surface area contributed by atoms with Crippen LogP contribution in [0.5, 0.6) is 0 Å². The molecule has 0 aliphatic carbocycles. The summed E-state index contributed by atoms with van der Waals surface area (Å²) in [7, 11) is 0. The Hall–Kier alpha value is -2.41. The zero-order chi connectivity index (χ0) is 13.0. The van der Waals surface area contributed by atoms with Gasteiger partial charge in [-0.3, -0.25) is 4.79 Å². The van der Waals surface area contributed by atoms with E-state index in [4.69, 9.17) is 12.2 Å². The molecule has 1 aromatic heterocycles. The number of nitrogen functional groups attached to an aromatic ring is 1. The first-order chi connectivity index (χ1) is 8.72. The van der Waals surface area contributed by atoms with E-state index in [9.17, 15) is 4.79 Å². The molecule has 0 aliphatic rings. The molecule has 4 heteroatoms. The summed E-state index contributed by atoms with van der Waals surface area (Å²) in [6.07, 6.45) is 8.30. The molecule has 4 N–H and O–H groups in total. The molecular weight excluding hydrogens is 226 g/mol. The molecule has 2 aromatic rings. The Balaban J connectivity index is 2.11. The van der Waals surface area contributed by atoms with E-state index in [1.165, 1.54) is 0 Å². The van der Waals surface area contributed by atoms with Gasteiger partial charge >= 0.3 is 0 Å². The lowest BCUT2D eigenvalue weighted by molar-refractivity contribution is 0.0955. The molecule has 1 aromatic carbocycles. The van der Waals surface area contributed by atoms with Crippen molar-refractivity contribution in [1.29, 1.82) is 0 Å². The van der Waals surface area contributed by atoms with E-state index in [1.54, 1.807) is 12.3 Å². The van der Waals surface area contributed by atoms with Crippen LogP contribution in [0.15, 0.2) is 24.4 Å². The number of nitrogens with one attached hydrogen (secondary N) is 2. The second kappa shape index (κ2) is 5.28. The summed E-state index contributed by atoms with van der Waals surface area (Å²) in [5, 5.41) is 3.71. The van der Waals surface area contributed by atoms with Crippen LogP contribution in [0.4, 0.5) is 5.69 Å². The molecule has 92 valence electrons. The molecule has 18 heavy (non-hydrogen) atoms. The molecule has 0 fully saturated rings. The van der Waals surface area contributed by atoms with Crippen LogP contribution in [0.1, 0.15) is 23.2 Å². The maximum atomic E-state index is 12.0. The minimum Gasteiger partial charge on any atom is -0.399 e. The highest BCUT2D eigenvalue weighted by Crippen LogP contribution is 2.20. The smallest absolute Gasteiger partial charge is 0.253 e. The fraction of sp³-hybridized carbons (Fsp3) is 0.214. The quantitative estimate of drug-likeness (QED) is 0.434. The summed E-state index contributed by atoms with van der Waals surface area (Å²) in [6.45, 7) is 0.588. The van der Waals surface area contributed by atoms with E-state index in [1.807, 2.05) is 12.1 Å². The van der Waals surface area contributed by atoms with E-state index in [-0.39, 0.29) is 5.91 Å². The molecule has 2 rings (SSSR count). The number of nitrogens with two attached hydrogens (primary N) is 1. The summed E-state index contributed by atoms with van der Waals surface area (Å²) in [5.41, 5.74) is 7.85. The fourth-order valence-corrected chi connectivity index (χ4v) is 1.82. The van der Waals surface area contributed by atoms with Crippen molar-refractivity contribution in [2.75, 3.05) is 12.3 Å². The van der Waals surface area contributed by atoms with Gasteiger partial charge in [0.15, 0.2) is 0 Å². The Kier molecular flexibility index (Phi) is 3.54. The molecule has 0 saturated heterocycles. The van der Waals surface area contributed by atoms with Crippen LogP contribution in [0.3, 0.4) is 0 Å². The number of hydrogen-bond donors (Lipinski definition) is 3. The van der Waals surface area contributed by atoms with Crippen LogP contribution in [0, 0.1) is 12.3 Å². The molecule has 0 atom stereocenters. The molecule has 0 bridgehead atoms. The van der Waals surface area contributed by atoms with Crippen molar-refractivity contribution in [1.82, 2.24) is 10.3 Å². The average molecular weight is 241 g/mol. The molecular formula is C14H15N3O. The number of unbranched alkanes of at least 4 members (excludes halogenated alkanes) is 1. The SMILES string of the molecule is C#CCCCNC(=O)c1c[nH]c2cc(N)ccc12. The number of H-pyrrole nitrogens is 1. The highest BCUT2D eigenvalue weighted by atomic mass is 16.1. The predicted molar refractivity (Wildman–Crippen MR) is 73.1 cm³/mol. The molecule has 1 heterocycles. The third-order valence-corrected chi connectivity index (χ3v) is 2.73. The van der Waals surface area contributed by atoms with Crippen molar-refractivity contribution >= 4 is 22.5 Å². The van der Waals surface area contributed by atoms with Crippen LogP contribution >= 0.6 is 0 Å². The number of anilines is 1. The van der Waals surface area contributed by atoms with Crippen molar-refractivity contribution in [2.45, 2.75) is 12.8 Å². The van der Waals surface area contributed by atoms with Gasteiger partial charge in [0.1, 0.15) is 0 Å². The topological polar surface area (TPSA) is 70.9 Å². The largest absolute Gasteiger partial charge is 0.399 e. The summed E-state index contributed by atoms with van der Waals surface area (Å²) in [5.74, 6) is 2.45. The highest BCUT2D eigenvalue weighted by molar-refractivity contribution is 6.07. The first-order valence-corrected chi connectivity index (χ1v) is 5.80. The standard InChI is InChI=1S/C14H15N3O/c1-2-3-4-7-16-14(18)12-9-17-13-8-10(15)5-6-11(12)13/h1,5-6,8-9,17H,3-4,7,15H2,(H,16,18). The molecule has 0 saturated carbocycles. The number of carbonyl (C=O) groups is 1. The Morgan fingerprint density at radius 3 is 3.11 bits per heavy atom. The van der Waals surface area contributed by atoms with Gasteiger partial charge in [-0.05, 0) is 24.6 Å². The van der Waals surface area contributed by atoms with Gasteiger partial charge in [-0.15, -0.1) is 12.3 Å². The van der Waals surface area contributed by atoms with Gasteiger partial charge < -0.3 is 16.0 Å². The number of aromatic amines is 1. The number of amides is 1. The fourth-order valence-electron chi connectivity index (χ4n) is 1.82. The summed E-state index contributed by atoms with van der Waals surface area (Å²) < 4.78 is 0. The van der Waals surface area contributed by atoms with Crippen molar-refractivity contribution in [2.24, 2.45) is 0 Å². The number of carbonyl (C=O) groups excluding carboxylic acids is 1. The van der Waals surface area contributed by atoms with Gasteiger partial charge in [0.25, 0.3) is 5.91 Å². The maximum absolute atomic E-state index is 12.0. The van der Waals surface area contributed by atoms with Crippen molar-refractivity contribution in [3.63, 3.8) is 0 Å². The predicted octanol–water partition coefficient (Wildman–Crippen LogP) is 1.89. The third kappa shape index (κ3) is 2.46. The van der Waals surface area contributed by atoms with Gasteiger partial charge in [0.2, 0.25) is 0 Å². The van der Waals surface area contributed by atoms with Gasteiger partial charge in [-0.25, -0.2) is 0 Å². The van der Waals surface area contributed by atoms with E-state index >= 15 is 0 Å². The lowest BCUT2D eigenvalue weighted by Gasteiger charge is -2.02. The molecule has 0 aliphatic heterocycles. The molecule has 0 unspecified atom stereocenters. The number of aromatic nitrogens is 1. The van der Waals surface area contributed by atoms with Crippen molar-refractivity contribution < 1.29 is 4.79 Å². The number of benzene rings is 1. The highest BCUT2D eigenvalue weighted by Gasteiger charge is 2.11. The molecule has 0 spiro atoms. The van der Waals surface area contributed by atoms with Gasteiger partial charge in [-0.2, -0.15) is 0 Å². The van der Waals surface area contributed by atoms with Crippen molar-refractivity contribution in [3.8, 4) is 12.3 Å². The van der Waals surface area contributed by atoms with Crippen LogP contribution in [-0.2, 0) is 0 Å². The zero-order valence-corrected chi connectivity index (χ0v) is 9.99. The third-order valence-electron chi connectivity index (χ3n) is 2.73. The average Bonchev–Trinajstić information content (AvgIpc) is 2.77. The first-order valence-electron chi connectivity index (χ1n) is 5.80. The summed E-state index contributed by atoms with van der Waals surface area (Å²) >= 11 is 0. The summed E-state index contributed by atoms with van der Waals surface area (Å²) in [6, 6.07) is 5.44. The van der Waals surface area contributed by atoms with Crippen LogP contribution in [0.2, 0.25) is 0 Å².